The number of rotatable bonds is 7. The van der Waals surface area contributed by atoms with Gasteiger partial charge in [-0.25, -0.2) is 0 Å². The van der Waals surface area contributed by atoms with E-state index in [9.17, 15) is 9.59 Å². The molecule has 2 aromatic rings. The highest BCUT2D eigenvalue weighted by molar-refractivity contribution is 7.12. The topological polar surface area (TPSA) is 49.4 Å². The smallest absolute Gasteiger partial charge is 0.261 e. The number of aryl methyl sites for hydroxylation is 1. The Morgan fingerprint density at radius 3 is 2.73 bits per heavy atom. The van der Waals surface area contributed by atoms with E-state index < -0.39 is 0 Å². The number of hydrogen-bond acceptors (Lipinski definition) is 3. The molecule has 1 N–H and O–H groups in total. The normalized spacial score (nSPS) is 16.0. The summed E-state index contributed by atoms with van der Waals surface area (Å²) in [7, 11) is 0. The summed E-state index contributed by atoms with van der Waals surface area (Å²) in [6.45, 7) is 3.28. The predicted octanol–water partition coefficient (Wildman–Crippen LogP) is 3.66. The summed E-state index contributed by atoms with van der Waals surface area (Å²) in [4.78, 5) is 27.5. The van der Waals surface area contributed by atoms with Crippen molar-refractivity contribution in [2.24, 2.45) is 0 Å². The second-order valence-electron chi connectivity index (χ2n) is 6.74. The van der Waals surface area contributed by atoms with E-state index in [1.54, 1.807) is 6.07 Å². The molecule has 0 bridgehead atoms. The van der Waals surface area contributed by atoms with Crippen LogP contribution in [0.4, 0.5) is 0 Å². The van der Waals surface area contributed by atoms with Crippen LogP contribution in [-0.4, -0.2) is 35.8 Å². The molecule has 0 fully saturated rings. The number of amides is 2. The first-order valence-corrected chi connectivity index (χ1v) is 10.2. The highest BCUT2D eigenvalue weighted by Gasteiger charge is 2.26. The van der Waals surface area contributed by atoms with Crippen LogP contribution in [0.25, 0.3) is 0 Å². The third kappa shape index (κ3) is 4.52. The average molecular weight is 371 g/mol. The van der Waals surface area contributed by atoms with Crippen LogP contribution in [0, 0.1) is 0 Å². The first kappa shape index (κ1) is 18.6. The largest absolute Gasteiger partial charge is 0.351 e. The quantitative estimate of drug-likeness (QED) is 0.808. The highest BCUT2D eigenvalue weighted by Crippen LogP contribution is 2.25. The molecule has 138 valence electrons. The summed E-state index contributed by atoms with van der Waals surface area (Å²) in [6.07, 6.45) is 4.29. The second kappa shape index (κ2) is 8.99. The number of fused-ring (bicyclic) bond motifs is 1. The number of thiophene rings is 1. The van der Waals surface area contributed by atoms with Gasteiger partial charge in [0.1, 0.15) is 0 Å². The van der Waals surface area contributed by atoms with Crippen molar-refractivity contribution >= 4 is 23.2 Å². The van der Waals surface area contributed by atoms with Crippen LogP contribution < -0.4 is 5.32 Å². The fourth-order valence-electron chi connectivity index (χ4n) is 3.62. The maximum absolute atomic E-state index is 12.8. The molecular weight excluding hydrogens is 344 g/mol. The number of benzene rings is 1. The van der Waals surface area contributed by atoms with Gasteiger partial charge in [-0.2, -0.15) is 0 Å². The Hall–Kier alpha value is -2.14. The van der Waals surface area contributed by atoms with Gasteiger partial charge in [0.15, 0.2) is 0 Å². The minimum Gasteiger partial charge on any atom is -0.351 e. The first-order chi connectivity index (χ1) is 12.7. The zero-order valence-corrected chi connectivity index (χ0v) is 16.1. The zero-order chi connectivity index (χ0) is 18.4. The van der Waals surface area contributed by atoms with Gasteiger partial charge in [0, 0.05) is 25.6 Å². The van der Waals surface area contributed by atoms with Gasteiger partial charge in [-0.05, 0) is 48.3 Å². The van der Waals surface area contributed by atoms with E-state index in [1.165, 1.54) is 22.5 Å². The fraction of sp³-hybridized carbons (Fsp3) is 0.429. The summed E-state index contributed by atoms with van der Waals surface area (Å²) in [5.41, 5.74) is 2.78. The SMILES string of the molecule is CCCN(C(=O)CCNC(=O)c1cccs1)C1CCc2ccccc2C1. The molecule has 1 atom stereocenters. The van der Waals surface area contributed by atoms with Crippen molar-refractivity contribution in [1.29, 1.82) is 0 Å². The lowest BCUT2D eigenvalue weighted by atomic mass is 9.87. The van der Waals surface area contributed by atoms with Crippen molar-refractivity contribution < 1.29 is 9.59 Å². The monoisotopic (exact) mass is 370 g/mol. The Labute approximate surface area is 159 Å². The maximum Gasteiger partial charge on any atom is 0.261 e. The minimum absolute atomic E-state index is 0.0959. The van der Waals surface area contributed by atoms with Crippen LogP contribution in [0.2, 0.25) is 0 Å². The Bertz CT molecular complexity index is 742. The molecule has 0 saturated heterocycles. The number of carbonyl (C=O) groups excluding carboxylic acids is 2. The lowest BCUT2D eigenvalue weighted by Crippen LogP contribution is -2.44. The van der Waals surface area contributed by atoms with E-state index in [0.717, 1.165) is 32.2 Å². The molecule has 0 radical (unpaired) electrons. The van der Waals surface area contributed by atoms with Crippen molar-refractivity contribution in [2.75, 3.05) is 13.1 Å². The molecule has 5 heteroatoms. The highest BCUT2D eigenvalue weighted by atomic mass is 32.1. The van der Waals surface area contributed by atoms with Gasteiger partial charge in [-0.1, -0.05) is 37.3 Å². The third-order valence-corrected chi connectivity index (χ3v) is 5.78. The van der Waals surface area contributed by atoms with E-state index in [0.29, 0.717) is 17.8 Å². The number of nitrogens with zero attached hydrogens (tertiary/aromatic N) is 1. The standard InChI is InChI=1S/C21H26N2O2S/c1-2-13-23(18-10-9-16-6-3-4-7-17(16)15-18)20(24)11-12-22-21(25)19-8-5-14-26-19/h3-8,14,18H,2,9-13,15H2,1H3,(H,22,25). The summed E-state index contributed by atoms with van der Waals surface area (Å²) < 4.78 is 0. The van der Waals surface area contributed by atoms with Crippen molar-refractivity contribution in [3.63, 3.8) is 0 Å². The van der Waals surface area contributed by atoms with Gasteiger partial charge < -0.3 is 10.2 Å². The molecule has 1 unspecified atom stereocenters. The second-order valence-corrected chi connectivity index (χ2v) is 7.68. The van der Waals surface area contributed by atoms with Gasteiger partial charge in [0.25, 0.3) is 5.91 Å². The molecule has 1 heterocycles. The van der Waals surface area contributed by atoms with Gasteiger partial charge in [-0.3, -0.25) is 9.59 Å². The number of carbonyl (C=O) groups is 2. The zero-order valence-electron chi connectivity index (χ0n) is 15.2. The molecule has 1 aromatic heterocycles. The van der Waals surface area contributed by atoms with E-state index in [-0.39, 0.29) is 17.9 Å². The van der Waals surface area contributed by atoms with E-state index >= 15 is 0 Å². The average Bonchev–Trinajstić information content (AvgIpc) is 3.20. The Balaban J connectivity index is 1.55. The van der Waals surface area contributed by atoms with Crippen LogP contribution in [0.1, 0.15) is 47.0 Å². The van der Waals surface area contributed by atoms with Crippen LogP contribution in [0.15, 0.2) is 41.8 Å². The summed E-state index contributed by atoms with van der Waals surface area (Å²) in [5, 5.41) is 4.73. The van der Waals surface area contributed by atoms with Crippen molar-refractivity contribution in [3.05, 3.63) is 57.8 Å². The van der Waals surface area contributed by atoms with Gasteiger partial charge >= 0.3 is 0 Å². The fourth-order valence-corrected chi connectivity index (χ4v) is 4.26. The first-order valence-electron chi connectivity index (χ1n) is 9.37. The molecule has 2 amide bonds. The Morgan fingerprint density at radius 1 is 1.19 bits per heavy atom. The summed E-state index contributed by atoms with van der Waals surface area (Å²) >= 11 is 1.41. The summed E-state index contributed by atoms with van der Waals surface area (Å²) in [6, 6.07) is 12.5. The molecule has 1 aromatic carbocycles. The molecule has 0 spiro atoms. The van der Waals surface area contributed by atoms with Crippen molar-refractivity contribution in [3.8, 4) is 0 Å². The lowest BCUT2D eigenvalue weighted by Gasteiger charge is -2.35. The van der Waals surface area contributed by atoms with E-state index in [2.05, 4.69) is 36.5 Å². The molecule has 0 aliphatic heterocycles. The number of nitrogens with one attached hydrogen (secondary N) is 1. The van der Waals surface area contributed by atoms with Gasteiger partial charge in [0.05, 0.1) is 4.88 Å². The van der Waals surface area contributed by atoms with E-state index in [4.69, 9.17) is 0 Å². The lowest BCUT2D eigenvalue weighted by molar-refractivity contribution is -0.133. The van der Waals surface area contributed by atoms with Crippen LogP contribution in [0.3, 0.4) is 0 Å². The maximum atomic E-state index is 12.8. The Kier molecular flexibility index (Phi) is 6.45. The van der Waals surface area contributed by atoms with Crippen LogP contribution in [0.5, 0.6) is 0 Å². The molecule has 4 nitrogen and oxygen atoms in total. The molecule has 26 heavy (non-hydrogen) atoms. The number of hydrogen-bond donors (Lipinski definition) is 1. The summed E-state index contributed by atoms with van der Waals surface area (Å²) in [5.74, 6) is 0.0455. The van der Waals surface area contributed by atoms with Gasteiger partial charge in [-0.15, -0.1) is 11.3 Å². The molecule has 0 saturated carbocycles. The van der Waals surface area contributed by atoms with Crippen LogP contribution >= 0.6 is 11.3 Å². The van der Waals surface area contributed by atoms with E-state index in [1.807, 2.05) is 16.3 Å². The van der Waals surface area contributed by atoms with Crippen LogP contribution in [-0.2, 0) is 17.6 Å². The van der Waals surface area contributed by atoms with Gasteiger partial charge in [0.2, 0.25) is 5.91 Å². The molecule has 1 aliphatic carbocycles. The predicted molar refractivity (Wildman–Crippen MR) is 106 cm³/mol. The van der Waals surface area contributed by atoms with Crippen molar-refractivity contribution in [2.45, 2.75) is 45.1 Å². The third-order valence-electron chi connectivity index (χ3n) is 4.92. The molecule has 1 aliphatic rings. The molecular formula is C21H26N2O2S. The molecule has 3 rings (SSSR count). The van der Waals surface area contributed by atoms with Crippen molar-refractivity contribution in [1.82, 2.24) is 10.2 Å². The minimum atomic E-state index is -0.0959. The Morgan fingerprint density at radius 2 is 2.00 bits per heavy atom.